The van der Waals surface area contributed by atoms with Gasteiger partial charge in [0.05, 0.1) is 11.0 Å². The molecule has 0 saturated heterocycles. The van der Waals surface area contributed by atoms with E-state index in [9.17, 15) is 18.4 Å². The van der Waals surface area contributed by atoms with Gasteiger partial charge in [0.2, 0.25) is 5.91 Å². The minimum atomic E-state index is -0.988. The van der Waals surface area contributed by atoms with Crippen molar-refractivity contribution in [1.29, 1.82) is 0 Å². The van der Waals surface area contributed by atoms with Gasteiger partial charge >= 0.3 is 5.97 Å². The van der Waals surface area contributed by atoms with Crippen LogP contribution in [0.25, 0.3) is 0 Å². The Labute approximate surface area is 149 Å². The van der Waals surface area contributed by atoms with Crippen LogP contribution in [0.2, 0.25) is 0 Å². The number of nitrogens with one attached hydrogen (secondary N) is 1. The molecule has 1 fully saturated rings. The van der Waals surface area contributed by atoms with Crippen LogP contribution in [0.15, 0.2) is 42.5 Å². The van der Waals surface area contributed by atoms with Gasteiger partial charge in [-0.15, -0.1) is 0 Å². The van der Waals surface area contributed by atoms with Crippen LogP contribution in [0.5, 0.6) is 0 Å². The molecule has 2 aromatic carbocycles. The molecule has 1 aliphatic carbocycles. The van der Waals surface area contributed by atoms with E-state index in [0.717, 1.165) is 18.1 Å². The van der Waals surface area contributed by atoms with Gasteiger partial charge in [0.25, 0.3) is 0 Å². The van der Waals surface area contributed by atoms with Gasteiger partial charge in [0.1, 0.15) is 11.6 Å². The van der Waals surface area contributed by atoms with Crippen molar-refractivity contribution in [3.8, 4) is 0 Å². The lowest BCUT2D eigenvalue weighted by molar-refractivity contribution is -0.130. The molecule has 1 aliphatic rings. The summed E-state index contributed by atoms with van der Waals surface area (Å²) >= 11 is 0. The minimum Gasteiger partial charge on any atom is -0.478 e. The summed E-state index contributed by atoms with van der Waals surface area (Å²) in [5.74, 6) is -2.59. The molecular formula is C20H19F2NO3. The Morgan fingerprint density at radius 3 is 2.31 bits per heavy atom. The fourth-order valence-electron chi connectivity index (χ4n) is 3.33. The maximum Gasteiger partial charge on any atom is 0.335 e. The van der Waals surface area contributed by atoms with Crippen molar-refractivity contribution >= 4 is 11.9 Å². The Balaban J connectivity index is 1.64. The predicted octanol–water partition coefficient (Wildman–Crippen LogP) is 3.44. The Bertz CT molecular complexity index is 829. The molecule has 1 amide bonds. The lowest BCUT2D eigenvalue weighted by Crippen LogP contribution is -2.50. The highest BCUT2D eigenvalue weighted by Gasteiger charge is 2.47. The molecule has 0 unspecified atom stereocenters. The van der Waals surface area contributed by atoms with E-state index in [0.29, 0.717) is 25.8 Å². The average Bonchev–Trinajstić information content (AvgIpc) is 2.56. The first-order valence-electron chi connectivity index (χ1n) is 8.48. The standard InChI is InChI=1S/C20H19F2NO3/c21-15-6-7-16(17(22)12-15)20(9-1-10-20)19(26)23-11-8-13-2-4-14(5-3-13)18(24)25/h2-7,12H,1,8-11H2,(H,23,26)(H,24,25). The molecule has 1 saturated carbocycles. The summed E-state index contributed by atoms with van der Waals surface area (Å²) in [5, 5.41) is 11.7. The van der Waals surface area contributed by atoms with Crippen LogP contribution in [-0.4, -0.2) is 23.5 Å². The van der Waals surface area contributed by atoms with Crippen LogP contribution in [-0.2, 0) is 16.6 Å². The fraction of sp³-hybridized carbons (Fsp3) is 0.300. The number of amides is 1. The van der Waals surface area contributed by atoms with E-state index in [1.54, 1.807) is 12.1 Å². The number of hydrogen-bond donors (Lipinski definition) is 2. The van der Waals surface area contributed by atoms with E-state index in [2.05, 4.69) is 5.32 Å². The van der Waals surface area contributed by atoms with Crippen molar-refractivity contribution in [2.75, 3.05) is 6.54 Å². The number of halogens is 2. The second kappa shape index (κ2) is 7.23. The highest BCUT2D eigenvalue weighted by molar-refractivity contribution is 5.89. The summed E-state index contributed by atoms with van der Waals surface area (Å²) in [7, 11) is 0. The van der Waals surface area contributed by atoms with Gasteiger partial charge in [0.15, 0.2) is 0 Å². The molecule has 2 aromatic rings. The third-order valence-corrected chi connectivity index (χ3v) is 4.99. The summed E-state index contributed by atoms with van der Waals surface area (Å²) in [6.45, 7) is 0.357. The Kier molecular flexibility index (Phi) is 5.02. The molecule has 0 heterocycles. The van der Waals surface area contributed by atoms with E-state index >= 15 is 0 Å². The molecule has 6 heteroatoms. The molecule has 4 nitrogen and oxygen atoms in total. The molecule has 0 atom stereocenters. The number of carboxylic acid groups (broad SMARTS) is 1. The molecule has 3 rings (SSSR count). The molecule has 2 N–H and O–H groups in total. The smallest absolute Gasteiger partial charge is 0.335 e. The Hall–Kier alpha value is -2.76. The molecule has 26 heavy (non-hydrogen) atoms. The van der Waals surface area contributed by atoms with E-state index in [1.807, 2.05) is 0 Å². The first-order chi connectivity index (χ1) is 12.4. The van der Waals surface area contributed by atoms with Crippen molar-refractivity contribution in [3.63, 3.8) is 0 Å². The Morgan fingerprint density at radius 1 is 1.08 bits per heavy atom. The summed E-state index contributed by atoms with van der Waals surface area (Å²) in [6.07, 6.45) is 2.43. The first-order valence-corrected chi connectivity index (χ1v) is 8.48. The van der Waals surface area contributed by atoms with Gasteiger partial charge in [0, 0.05) is 18.2 Å². The van der Waals surface area contributed by atoms with Gasteiger partial charge in [-0.25, -0.2) is 13.6 Å². The summed E-state index contributed by atoms with van der Waals surface area (Å²) in [4.78, 5) is 23.5. The number of carboxylic acids is 1. The molecule has 0 aromatic heterocycles. The largest absolute Gasteiger partial charge is 0.478 e. The highest BCUT2D eigenvalue weighted by Crippen LogP contribution is 2.45. The zero-order chi connectivity index (χ0) is 18.7. The Morgan fingerprint density at radius 2 is 1.77 bits per heavy atom. The molecular weight excluding hydrogens is 340 g/mol. The quantitative estimate of drug-likeness (QED) is 0.830. The zero-order valence-corrected chi connectivity index (χ0v) is 14.1. The van der Waals surface area contributed by atoms with E-state index in [-0.39, 0.29) is 17.0 Å². The van der Waals surface area contributed by atoms with Gasteiger partial charge in [-0.05, 0) is 43.0 Å². The van der Waals surface area contributed by atoms with Crippen molar-refractivity contribution < 1.29 is 23.5 Å². The first kappa shape index (κ1) is 18.0. The van der Waals surface area contributed by atoms with Crippen LogP contribution < -0.4 is 5.32 Å². The van der Waals surface area contributed by atoms with Crippen molar-refractivity contribution in [2.45, 2.75) is 31.1 Å². The monoisotopic (exact) mass is 359 g/mol. The van der Waals surface area contributed by atoms with E-state index in [4.69, 9.17) is 5.11 Å². The molecule has 0 bridgehead atoms. The third-order valence-electron chi connectivity index (χ3n) is 4.99. The summed E-state index contributed by atoms with van der Waals surface area (Å²) < 4.78 is 27.3. The molecule has 136 valence electrons. The lowest BCUT2D eigenvalue weighted by Gasteiger charge is -2.40. The summed E-state index contributed by atoms with van der Waals surface area (Å²) in [5.41, 5.74) is 0.419. The van der Waals surface area contributed by atoms with Gasteiger partial charge in [-0.1, -0.05) is 24.6 Å². The second-order valence-corrected chi connectivity index (χ2v) is 6.57. The van der Waals surface area contributed by atoms with Crippen molar-refractivity contribution in [3.05, 3.63) is 70.8 Å². The van der Waals surface area contributed by atoms with Crippen LogP contribution >= 0.6 is 0 Å². The third kappa shape index (κ3) is 3.45. The minimum absolute atomic E-state index is 0.206. The van der Waals surface area contributed by atoms with E-state index in [1.165, 1.54) is 24.3 Å². The van der Waals surface area contributed by atoms with Crippen LogP contribution in [0.1, 0.15) is 40.7 Å². The van der Waals surface area contributed by atoms with Gasteiger partial charge < -0.3 is 10.4 Å². The van der Waals surface area contributed by atoms with Crippen LogP contribution in [0.3, 0.4) is 0 Å². The fourth-order valence-corrected chi connectivity index (χ4v) is 3.33. The maximum atomic E-state index is 14.1. The van der Waals surface area contributed by atoms with Crippen molar-refractivity contribution in [1.82, 2.24) is 5.32 Å². The zero-order valence-electron chi connectivity index (χ0n) is 14.1. The highest BCUT2D eigenvalue weighted by atomic mass is 19.1. The number of carbonyl (C=O) groups excluding carboxylic acids is 1. The molecule has 0 aliphatic heterocycles. The lowest BCUT2D eigenvalue weighted by atomic mass is 9.63. The number of rotatable bonds is 6. The van der Waals surface area contributed by atoms with Crippen LogP contribution in [0, 0.1) is 11.6 Å². The van der Waals surface area contributed by atoms with Crippen LogP contribution in [0.4, 0.5) is 8.78 Å². The topological polar surface area (TPSA) is 66.4 Å². The average molecular weight is 359 g/mol. The predicted molar refractivity (Wildman–Crippen MR) is 92.0 cm³/mol. The molecule has 0 spiro atoms. The van der Waals surface area contributed by atoms with Gasteiger partial charge in [-0.2, -0.15) is 0 Å². The normalized spacial score (nSPS) is 15.2. The SMILES string of the molecule is O=C(O)c1ccc(CCNC(=O)C2(c3ccc(F)cc3F)CCC2)cc1. The number of benzene rings is 2. The molecule has 0 radical (unpaired) electrons. The number of hydrogen-bond acceptors (Lipinski definition) is 2. The maximum absolute atomic E-state index is 14.1. The second-order valence-electron chi connectivity index (χ2n) is 6.57. The van der Waals surface area contributed by atoms with Crippen molar-refractivity contribution in [2.24, 2.45) is 0 Å². The van der Waals surface area contributed by atoms with E-state index < -0.39 is 23.0 Å². The van der Waals surface area contributed by atoms with Gasteiger partial charge in [-0.3, -0.25) is 4.79 Å². The summed E-state index contributed by atoms with van der Waals surface area (Å²) in [6, 6.07) is 9.78. The number of carbonyl (C=O) groups is 2. The number of aromatic carboxylic acids is 1.